The number of rotatable bonds is 7. The number of methoxy groups -OCH3 is 1. The summed E-state index contributed by atoms with van der Waals surface area (Å²) < 4.78 is 6.64. The van der Waals surface area contributed by atoms with E-state index in [4.69, 9.17) is 4.74 Å². The minimum absolute atomic E-state index is 0.608. The van der Waals surface area contributed by atoms with Crippen LogP contribution in [0.4, 0.5) is 0 Å². The van der Waals surface area contributed by atoms with Crippen LogP contribution in [-0.2, 0) is 13.0 Å². The van der Waals surface area contributed by atoms with Gasteiger partial charge in [0.15, 0.2) is 0 Å². The molecule has 0 amide bonds. The third-order valence-corrected chi connectivity index (χ3v) is 5.65. The molecule has 1 unspecified atom stereocenters. The van der Waals surface area contributed by atoms with Crippen molar-refractivity contribution in [3.63, 3.8) is 0 Å². The number of hydrogen-bond acceptors (Lipinski definition) is 3. The van der Waals surface area contributed by atoms with Crippen molar-refractivity contribution < 1.29 is 4.74 Å². The van der Waals surface area contributed by atoms with E-state index in [1.807, 2.05) is 6.07 Å². The van der Waals surface area contributed by atoms with Gasteiger partial charge in [-0.05, 0) is 71.3 Å². The van der Waals surface area contributed by atoms with Crippen LogP contribution >= 0.6 is 22.6 Å². The molecular formula is C20H25IN2O. The van der Waals surface area contributed by atoms with Gasteiger partial charge in [-0.2, -0.15) is 0 Å². The predicted octanol–water partition coefficient (Wildman–Crippen LogP) is 3.71. The zero-order chi connectivity index (χ0) is 16.8. The van der Waals surface area contributed by atoms with Crippen LogP contribution in [0.2, 0.25) is 0 Å². The molecule has 1 aliphatic heterocycles. The number of benzene rings is 2. The number of nitrogens with zero attached hydrogens (tertiary/aromatic N) is 1. The Morgan fingerprint density at radius 1 is 1.21 bits per heavy atom. The highest BCUT2D eigenvalue weighted by Crippen LogP contribution is 2.20. The van der Waals surface area contributed by atoms with E-state index in [-0.39, 0.29) is 0 Å². The van der Waals surface area contributed by atoms with Crippen molar-refractivity contribution in [1.29, 1.82) is 0 Å². The number of hydrogen-bond donors (Lipinski definition) is 1. The number of halogens is 1. The first-order chi connectivity index (χ1) is 11.7. The molecule has 0 aliphatic carbocycles. The summed E-state index contributed by atoms with van der Waals surface area (Å²) in [5, 5.41) is 3.72. The van der Waals surface area contributed by atoms with Crippen LogP contribution in [0, 0.1) is 3.57 Å². The molecule has 4 heteroatoms. The van der Waals surface area contributed by atoms with E-state index in [0.29, 0.717) is 6.04 Å². The van der Waals surface area contributed by atoms with Crippen molar-refractivity contribution in [2.45, 2.75) is 25.4 Å². The normalized spacial score (nSPS) is 18.0. The Morgan fingerprint density at radius 3 is 2.83 bits per heavy atom. The highest BCUT2D eigenvalue weighted by atomic mass is 127. The van der Waals surface area contributed by atoms with Gasteiger partial charge >= 0.3 is 0 Å². The third kappa shape index (κ3) is 4.94. The quantitative estimate of drug-likeness (QED) is 0.670. The average molecular weight is 436 g/mol. The van der Waals surface area contributed by atoms with Crippen molar-refractivity contribution >= 4 is 22.6 Å². The summed E-state index contributed by atoms with van der Waals surface area (Å²) in [4.78, 5) is 2.54. The highest BCUT2D eigenvalue weighted by molar-refractivity contribution is 14.1. The summed E-state index contributed by atoms with van der Waals surface area (Å²) in [5.41, 5.74) is 2.77. The molecule has 0 spiro atoms. The van der Waals surface area contributed by atoms with Crippen molar-refractivity contribution in [3.8, 4) is 5.75 Å². The second-order valence-corrected chi connectivity index (χ2v) is 7.53. The Morgan fingerprint density at radius 2 is 2.04 bits per heavy atom. The van der Waals surface area contributed by atoms with E-state index in [1.54, 1.807) is 7.11 Å². The fourth-order valence-corrected chi connectivity index (χ4v) is 3.87. The van der Waals surface area contributed by atoms with E-state index >= 15 is 0 Å². The molecule has 3 nitrogen and oxygen atoms in total. The number of likely N-dealkylation sites (tertiary alicyclic amines) is 1. The lowest BCUT2D eigenvalue weighted by molar-refractivity contribution is 0.320. The van der Waals surface area contributed by atoms with Crippen LogP contribution in [-0.4, -0.2) is 37.7 Å². The van der Waals surface area contributed by atoms with Gasteiger partial charge in [-0.3, -0.25) is 4.90 Å². The van der Waals surface area contributed by atoms with Crippen molar-refractivity contribution in [1.82, 2.24) is 10.2 Å². The standard InChI is InChI=1S/C20H25IN2O/c1-24-19-7-8-20(21)17(13-19)9-11-22-18-10-12-23(15-18)14-16-5-3-2-4-6-16/h2-8,13,18,22H,9-12,14-15H2,1H3. The summed E-state index contributed by atoms with van der Waals surface area (Å²) in [6.45, 7) is 4.41. The fourth-order valence-electron chi connectivity index (χ4n) is 3.27. The monoisotopic (exact) mass is 436 g/mol. The van der Waals surface area contributed by atoms with E-state index in [0.717, 1.165) is 31.8 Å². The molecule has 0 bridgehead atoms. The van der Waals surface area contributed by atoms with Crippen molar-refractivity contribution in [2.75, 3.05) is 26.7 Å². The molecule has 2 aromatic carbocycles. The summed E-state index contributed by atoms with van der Waals surface area (Å²) in [5.74, 6) is 0.945. The predicted molar refractivity (Wildman–Crippen MR) is 108 cm³/mol. The number of nitrogens with one attached hydrogen (secondary N) is 1. The smallest absolute Gasteiger partial charge is 0.119 e. The maximum absolute atomic E-state index is 5.33. The first-order valence-electron chi connectivity index (χ1n) is 8.56. The summed E-state index contributed by atoms with van der Waals surface area (Å²) in [6, 6.07) is 17.7. The maximum atomic E-state index is 5.33. The van der Waals surface area contributed by atoms with Gasteiger partial charge in [-0.1, -0.05) is 30.3 Å². The van der Waals surface area contributed by atoms with Crippen LogP contribution < -0.4 is 10.1 Å². The van der Waals surface area contributed by atoms with E-state index in [9.17, 15) is 0 Å². The molecule has 1 aliphatic rings. The zero-order valence-corrected chi connectivity index (χ0v) is 16.3. The van der Waals surface area contributed by atoms with Crippen molar-refractivity contribution in [3.05, 3.63) is 63.2 Å². The van der Waals surface area contributed by atoms with Gasteiger partial charge in [0.2, 0.25) is 0 Å². The average Bonchev–Trinajstić information content (AvgIpc) is 3.05. The molecule has 3 rings (SSSR count). The largest absolute Gasteiger partial charge is 0.497 e. The summed E-state index contributed by atoms with van der Waals surface area (Å²) in [6.07, 6.45) is 2.28. The van der Waals surface area contributed by atoms with Gasteiger partial charge < -0.3 is 10.1 Å². The topological polar surface area (TPSA) is 24.5 Å². The number of ether oxygens (including phenoxy) is 1. The Balaban J connectivity index is 1.43. The lowest BCUT2D eigenvalue weighted by atomic mass is 10.1. The van der Waals surface area contributed by atoms with Crippen LogP contribution in [0.3, 0.4) is 0 Å². The summed E-state index contributed by atoms with van der Waals surface area (Å²) >= 11 is 2.41. The molecule has 1 atom stereocenters. The molecule has 1 saturated heterocycles. The van der Waals surface area contributed by atoms with Gasteiger partial charge in [-0.15, -0.1) is 0 Å². The first-order valence-corrected chi connectivity index (χ1v) is 9.64. The Kier molecular flexibility index (Phi) is 6.51. The van der Waals surface area contributed by atoms with E-state index in [1.165, 1.54) is 27.7 Å². The molecule has 1 fully saturated rings. The third-order valence-electron chi connectivity index (χ3n) is 4.60. The van der Waals surface area contributed by atoms with Gasteiger partial charge in [0.1, 0.15) is 5.75 Å². The van der Waals surface area contributed by atoms with E-state index < -0.39 is 0 Å². The van der Waals surface area contributed by atoms with Crippen molar-refractivity contribution in [2.24, 2.45) is 0 Å². The van der Waals surface area contributed by atoms with Crippen LogP contribution in [0.1, 0.15) is 17.5 Å². The minimum Gasteiger partial charge on any atom is -0.497 e. The van der Waals surface area contributed by atoms with Gasteiger partial charge in [0.25, 0.3) is 0 Å². The Bertz CT molecular complexity index is 647. The molecule has 128 valence electrons. The fraction of sp³-hybridized carbons (Fsp3) is 0.400. The SMILES string of the molecule is COc1ccc(I)c(CCNC2CCN(Cc3ccccc3)C2)c1. The van der Waals surface area contributed by atoms with Crippen LogP contribution in [0.25, 0.3) is 0 Å². The van der Waals surface area contributed by atoms with Crippen LogP contribution in [0.15, 0.2) is 48.5 Å². The second-order valence-electron chi connectivity index (χ2n) is 6.37. The molecule has 1 N–H and O–H groups in total. The minimum atomic E-state index is 0.608. The molecule has 0 saturated carbocycles. The molecule has 0 radical (unpaired) electrons. The lowest BCUT2D eigenvalue weighted by Crippen LogP contribution is -2.33. The van der Waals surface area contributed by atoms with Gasteiger partial charge in [0.05, 0.1) is 7.11 Å². The lowest BCUT2D eigenvalue weighted by Gasteiger charge is -2.17. The van der Waals surface area contributed by atoms with Gasteiger partial charge in [0, 0.05) is 29.2 Å². The highest BCUT2D eigenvalue weighted by Gasteiger charge is 2.21. The maximum Gasteiger partial charge on any atom is 0.119 e. The molecule has 2 aromatic rings. The van der Waals surface area contributed by atoms with E-state index in [2.05, 4.69) is 75.3 Å². The van der Waals surface area contributed by atoms with Gasteiger partial charge in [-0.25, -0.2) is 0 Å². The first kappa shape index (κ1) is 17.7. The Hall–Kier alpha value is -1.11. The second kappa shape index (κ2) is 8.83. The molecule has 24 heavy (non-hydrogen) atoms. The summed E-state index contributed by atoms with van der Waals surface area (Å²) in [7, 11) is 1.73. The van der Waals surface area contributed by atoms with Crippen LogP contribution in [0.5, 0.6) is 5.75 Å². The Labute approximate surface area is 158 Å². The molecular weight excluding hydrogens is 411 g/mol. The zero-order valence-electron chi connectivity index (χ0n) is 14.2. The molecule has 1 heterocycles. The molecule has 0 aromatic heterocycles.